The van der Waals surface area contributed by atoms with Crippen molar-refractivity contribution in [3.63, 3.8) is 0 Å². The Kier molecular flexibility index (Phi) is 4.54. The highest BCUT2D eigenvalue weighted by Gasteiger charge is 2.18. The van der Waals surface area contributed by atoms with E-state index in [1.807, 2.05) is 20.8 Å². The third kappa shape index (κ3) is 3.39. The van der Waals surface area contributed by atoms with Gasteiger partial charge in [-0.25, -0.2) is 4.98 Å². The van der Waals surface area contributed by atoms with Crippen molar-refractivity contribution in [2.24, 2.45) is 0 Å². The van der Waals surface area contributed by atoms with Gasteiger partial charge in [-0.15, -0.1) is 11.3 Å². The highest BCUT2D eigenvalue weighted by Crippen LogP contribution is 2.25. The first-order valence-electron chi connectivity index (χ1n) is 7.90. The van der Waals surface area contributed by atoms with Gasteiger partial charge >= 0.3 is 11.1 Å². The van der Waals surface area contributed by atoms with Crippen molar-refractivity contribution < 1.29 is 4.79 Å². The molecule has 25 heavy (non-hydrogen) atoms. The number of amides is 1. The van der Waals surface area contributed by atoms with Gasteiger partial charge in [0.15, 0.2) is 0 Å². The summed E-state index contributed by atoms with van der Waals surface area (Å²) in [4.78, 5) is 46.0. The van der Waals surface area contributed by atoms with E-state index in [0.717, 1.165) is 22.0 Å². The zero-order valence-corrected chi connectivity index (χ0v) is 14.9. The Morgan fingerprint density at radius 1 is 1.20 bits per heavy atom. The molecule has 1 amide bonds. The molecule has 2 aromatic heterocycles. The van der Waals surface area contributed by atoms with Crippen molar-refractivity contribution >= 4 is 28.3 Å². The molecule has 1 aromatic carbocycles. The van der Waals surface area contributed by atoms with E-state index in [1.54, 1.807) is 29.5 Å². The molecule has 3 aromatic rings. The fourth-order valence-electron chi connectivity index (χ4n) is 2.48. The van der Waals surface area contributed by atoms with Gasteiger partial charge in [0.05, 0.1) is 22.8 Å². The fourth-order valence-corrected chi connectivity index (χ4v) is 3.54. The summed E-state index contributed by atoms with van der Waals surface area (Å²) in [5, 5.41) is 3.85. The van der Waals surface area contributed by atoms with E-state index < -0.39 is 11.1 Å². The molecule has 0 aliphatic carbocycles. The van der Waals surface area contributed by atoms with Gasteiger partial charge in [-0.2, -0.15) is 0 Å². The Balaban J connectivity index is 1.89. The number of rotatable bonds is 4. The maximum atomic E-state index is 12.6. The second-order valence-corrected chi connectivity index (χ2v) is 7.03. The fraction of sp³-hybridized carbons (Fsp3) is 0.294. The zero-order valence-electron chi connectivity index (χ0n) is 14.1. The normalized spacial score (nSPS) is 12.3. The lowest BCUT2D eigenvalue weighted by molar-refractivity contribution is 0.0935. The predicted octanol–water partition coefficient (Wildman–Crippen LogP) is 2.17. The molecule has 7 nitrogen and oxygen atoms in total. The maximum Gasteiger partial charge on any atom is 0.314 e. The highest BCUT2D eigenvalue weighted by atomic mass is 32.1. The van der Waals surface area contributed by atoms with Crippen LogP contribution in [0.15, 0.2) is 27.8 Å². The third-order valence-corrected chi connectivity index (χ3v) is 5.23. The van der Waals surface area contributed by atoms with E-state index in [9.17, 15) is 14.4 Å². The van der Waals surface area contributed by atoms with Gasteiger partial charge in [-0.1, -0.05) is 6.92 Å². The number of nitrogens with one attached hydrogen (secondary N) is 3. The van der Waals surface area contributed by atoms with Gasteiger partial charge in [0.1, 0.15) is 5.01 Å². The van der Waals surface area contributed by atoms with Crippen LogP contribution in [0.1, 0.15) is 45.3 Å². The van der Waals surface area contributed by atoms with Crippen LogP contribution in [0.3, 0.4) is 0 Å². The van der Waals surface area contributed by atoms with Crippen LogP contribution in [-0.2, 0) is 0 Å². The summed E-state index contributed by atoms with van der Waals surface area (Å²) >= 11 is 1.58. The summed E-state index contributed by atoms with van der Waals surface area (Å²) in [5.74, 6) is -0.258. The second-order valence-electron chi connectivity index (χ2n) is 5.80. The van der Waals surface area contributed by atoms with Gasteiger partial charge in [0.2, 0.25) is 0 Å². The number of benzene rings is 1. The predicted molar refractivity (Wildman–Crippen MR) is 97.3 cm³/mol. The quantitative estimate of drug-likeness (QED) is 0.621. The number of fused-ring (bicyclic) bond motifs is 1. The number of thiazole rings is 1. The second kappa shape index (κ2) is 6.64. The van der Waals surface area contributed by atoms with Gasteiger partial charge < -0.3 is 15.3 Å². The van der Waals surface area contributed by atoms with Crippen LogP contribution in [0.4, 0.5) is 0 Å². The number of H-pyrrole nitrogens is 2. The van der Waals surface area contributed by atoms with E-state index in [1.165, 1.54) is 0 Å². The topological polar surface area (TPSA) is 108 Å². The average Bonchev–Trinajstić information content (AvgIpc) is 2.92. The number of hydrogen-bond acceptors (Lipinski definition) is 5. The Morgan fingerprint density at radius 3 is 2.48 bits per heavy atom. The lowest BCUT2D eigenvalue weighted by atomic mass is 10.1. The first kappa shape index (κ1) is 17.1. The molecule has 0 saturated carbocycles. The molecule has 0 aliphatic heterocycles. The number of carbonyl (C=O) groups is 1. The Hall–Kier alpha value is -2.74. The van der Waals surface area contributed by atoms with Crippen LogP contribution in [0, 0.1) is 13.8 Å². The molecule has 1 atom stereocenters. The molecule has 0 bridgehead atoms. The van der Waals surface area contributed by atoms with Crippen LogP contribution in [-0.4, -0.2) is 20.9 Å². The van der Waals surface area contributed by atoms with Crippen molar-refractivity contribution in [2.75, 3.05) is 0 Å². The van der Waals surface area contributed by atoms with Gasteiger partial charge in [-0.05, 0) is 38.5 Å². The zero-order chi connectivity index (χ0) is 18.1. The Labute approximate surface area is 147 Å². The van der Waals surface area contributed by atoms with Crippen molar-refractivity contribution in [3.05, 3.63) is 60.0 Å². The van der Waals surface area contributed by atoms with E-state index in [4.69, 9.17) is 0 Å². The average molecular weight is 358 g/mol. The summed E-state index contributed by atoms with van der Waals surface area (Å²) in [6, 6.07) is 4.58. The van der Waals surface area contributed by atoms with E-state index in [0.29, 0.717) is 16.6 Å². The first-order chi connectivity index (χ1) is 11.9. The van der Waals surface area contributed by atoms with Crippen LogP contribution in [0.2, 0.25) is 0 Å². The van der Waals surface area contributed by atoms with Crippen LogP contribution >= 0.6 is 11.3 Å². The number of aromatic amines is 2. The summed E-state index contributed by atoms with van der Waals surface area (Å²) in [6.07, 6.45) is 0.718. The number of hydrogen-bond donors (Lipinski definition) is 3. The van der Waals surface area contributed by atoms with Crippen molar-refractivity contribution in [3.8, 4) is 0 Å². The molecule has 2 heterocycles. The minimum atomic E-state index is -0.745. The number of nitrogens with zero attached hydrogens (tertiary/aromatic N) is 1. The molecular formula is C17H18N4O3S. The van der Waals surface area contributed by atoms with Crippen LogP contribution in [0.25, 0.3) is 11.0 Å². The molecule has 0 radical (unpaired) electrons. The molecule has 130 valence electrons. The number of carbonyl (C=O) groups excluding carboxylic acids is 1. The summed E-state index contributed by atoms with van der Waals surface area (Å²) < 4.78 is 0. The standard InChI is InChI=1S/C17H18N4O3S/c1-4-11(17-18-8(2)9(3)25-17)19-14(22)10-5-6-12-13(7-10)21-16(24)15(23)20-12/h5-7,11H,4H2,1-3H3,(H,19,22)(H,20,23)(H,21,24)/t11-/m0/s1. The first-order valence-corrected chi connectivity index (χ1v) is 8.72. The van der Waals surface area contributed by atoms with Crippen LogP contribution in [0.5, 0.6) is 0 Å². The molecule has 3 N–H and O–H groups in total. The van der Waals surface area contributed by atoms with E-state index in [-0.39, 0.29) is 11.9 Å². The molecule has 0 unspecified atom stereocenters. The molecule has 0 saturated heterocycles. The highest BCUT2D eigenvalue weighted by molar-refractivity contribution is 7.11. The summed E-state index contributed by atoms with van der Waals surface area (Å²) in [5.41, 5.74) is 0.791. The summed E-state index contributed by atoms with van der Waals surface area (Å²) in [7, 11) is 0. The Morgan fingerprint density at radius 2 is 1.88 bits per heavy atom. The van der Waals surface area contributed by atoms with Crippen molar-refractivity contribution in [2.45, 2.75) is 33.2 Å². The monoisotopic (exact) mass is 358 g/mol. The molecule has 0 spiro atoms. The molecular weight excluding hydrogens is 340 g/mol. The van der Waals surface area contributed by atoms with Gasteiger partial charge in [0.25, 0.3) is 5.91 Å². The third-order valence-electron chi connectivity index (χ3n) is 4.04. The molecule has 3 rings (SSSR count). The smallest absolute Gasteiger partial charge is 0.314 e. The minimum Gasteiger partial charge on any atom is -0.343 e. The Bertz CT molecular complexity index is 1040. The largest absolute Gasteiger partial charge is 0.343 e. The SMILES string of the molecule is CC[C@H](NC(=O)c1ccc2[nH]c(=O)c(=O)[nH]c2c1)c1nc(C)c(C)s1. The van der Waals surface area contributed by atoms with Gasteiger partial charge in [-0.3, -0.25) is 14.4 Å². The van der Waals surface area contributed by atoms with Crippen LogP contribution < -0.4 is 16.4 Å². The van der Waals surface area contributed by atoms with Crippen molar-refractivity contribution in [1.82, 2.24) is 20.3 Å². The lowest BCUT2D eigenvalue weighted by Gasteiger charge is -2.14. The van der Waals surface area contributed by atoms with E-state index >= 15 is 0 Å². The lowest BCUT2D eigenvalue weighted by Crippen LogP contribution is -2.30. The molecule has 0 aliphatic rings. The number of aromatic nitrogens is 3. The minimum absolute atomic E-state index is 0.171. The maximum absolute atomic E-state index is 12.6. The van der Waals surface area contributed by atoms with Gasteiger partial charge in [0, 0.05) is 10.4 Å². The molecule has 8 heteroatoms. The summed E-state index contributed by atoms with van der Waals surface area (Å²) in [6.45, 7) is 5.94. The molecule has 0 fully saturated rings. The van der Waals surface area contributed by atoms with Crippen molar-refractivity contribution in [1.29, 1.82) is 0 Å². The van der Waals surface area contributed by atoms with E-state index in [2.05, 4.69) is 20.3 Å². The number of aryl methyl sites for hydroxylation is 2.